The Morgan fingerprint density at radius 2 is 1.80 bits per heavy atom. The fourth-order valence-corrected chi connectivity index (χ4v) is 7.33. The molecule has 2 atom stereocenters. The van der Waals surface area contributed by atoms with Crippen LogP contribution in [0, 0.1) is 11.6 Å². The zero-order valence-electron chi connectivity index (χ0n) is 26.1. The monoisotopic (exact) mass is 636 g/mol. The maximum Gasteiger partial charge on any atom is 0.182 e. The number of likely N-dealkylation sites (tertiary alicyclic amines) is 1. The summed E-state index contributed by atoms with van der Waals surface area (Å²) in [6.45, 7) is 12.0. The maximum absolute atomic E-state index is 14.9. The number of nitrogens with zero attached hydrogens (tertiary/aromatic N) is 6. The Balaban J connectivity index is 1.21. The van der Waals surface area contributed by atoms with E-state index < -0.39 is 23.3 Å². The Morgan fingerprint density at radius 1 is 1.05 bits per heavy atom. The van der Waals surface area contributed by atoms with Crippen LogP contribution in [-0.4, -0.2) is 107 Å². The topological polar surface area (TPSA) is 117 Å². The number of benzene rings is 1. The van der Waals surface area contributed by atoms with Gasteiger partial charge >= 0.3 is 0 Å². The Hall–Kier alpha value is -2.35. The van der Waals surface area contributed by atoms with Gasteiger partial charge in [-0.05, 0) is 64.3 Å². The molecule has 0 bridgehead atoms. The molecule has 44 heavy (non-hydrogen) atoms. The van der Waals surface area contributed by atoms with Crippen LogP contribution >= 0.6 is 11.6 Å². The number of piperidine rings is 1. The van der Waals surface area contributed by atoms with E-state index in [1.165, 1.54) is 6.07 Å². The molecule has 3 fully saturated rings. The van der Waals surface area contributed by atoms with Gasteiger partial charge in [0.15, 0.2) is 22.6 Å². The van der Waals surface area contributed by atoms with Crippen molar-refractivity contribution >= 4 is 28.9 Å². The van der Waals surface area contributed by atoms with E-state index in [0.29, 0.717) is 72.9 Å². The fourth-order valence-electron chi connectivity index (χ4n) is 7.08. The number of anilines is 3. The van der Waals surface area contributed by atoms with E-state index in [-0.39, 0.29) is 6.61 Å². The van der Waals surface area contributed by atoms with Gasteiger partial charge < -0.3 is 31.1 Å². The number of piperazine rings is 1. The molecule has 5 N–H and O–H groups in total. The Morgan fingerprint density at radius 3 is 2.45 bits per heavy atom. The van der Waals surface area contributed by atoms with E-state index in [2.05, 4.69) is 31.9 Å². The third kappa shape index (κ3) is 7.05. The predicted octanol–water partition coefficient (Wildman–Crippen LogP) is 2.94. The third-order valence-corrected chi connectivity index (χ3v) is 9.74. The highest BCUT2D eigenvalue weighted by Gasteiger charge is 2.36. The molecule has 1 aromatic carbocycles. The number of nitrogens with two attached hydrogens (primary N) is 1. The highest BCUT2D eigenvalue weighted by molar-refractivity contribution is 6.31. The van der Waals surface area contributed by atoms with Gasteiger partial charge in [-0.2, -0.15) is 0 Å². The summed E-state index contributed by atoms with van der Waals surface area (Å²) in [5.41, 5.74) is 7.41. The molecule has 0 aliphatic carbocycles. The van der Waals surface area contributed by atoms with Crippen molar-refractivity contribution in [2.24, 2.45) is 0 Å². The van der Waals surface area contributed by atoms with Crippen LogP contribution in [0.1, 0.15) is 57.7 Å². The fraction of sp³-hybridized carbons (Fsp3) is 0.677. The molecule has 10 nitrogen and oxygen atoms in total. The van der Waals surface area contributed by atoms with Crippen molar-refractivity contribution in [3.05, 3.63) is 40.2 Å². The Bertz CT molecular complexity index is 1300. The number of halogens is 3. The number of aliphatic hydroxyl groups excluding tert-OH is 2. The first-order valence-electron chi connectivity index (χ1n) is 15.8. The summed E-state index contributed by atoms with van der Waals surface area (Å²) in [5.74, 6) is -0.740. The quantitative estimate of drug-likeness (QED) is 0.310. The lowest BCUT2D eigenvalue weighted by Crippen LogP contribution is -2.58. The van der Waals surface area contributed by atoms with Crippen LogP contribution in [0.25, 0.3) is 0 Å². The largest absolute Gasteiger partial charge is 0.395 e. The maximum atomic E-state index is 14.9. The average molecular weight is 637 g/mol. The summed E-state index contributed by atoms with van der Waals surface area (Å²) in [4.78, 5) is 18.2. The van der Waals surface area contributed by atoms with Crippen LogP contribution in [0.3, 0.4) is 0 Å². The first kappa shape index (κ1) is 33.0. The molecule has 0 spiro atoms. The molecule has 3 aliphatic heterocycles. The molecule has 3 aliphatic rings. The van der Waals surface area contributed by atoms with E-state index in [1.54, 1.807) is 11.0 Å². The summed E-state index contributed by atoms with van der Waals surface area (Å²) in [5, 5.41) is 22.8. The van der Waals surface area contributed by atoms with Crippen LogP contribution < -0.4 is 20.9 Å². The van der Waals surface area contributed by atoms with Gasteiger partial charge in [0, 0.05) is 57.9 Å². The number of hydrogen-bond acceptors (Lipinski definition) is 10. The second-order valence-corrected chi connectivity index (χ2v) is 13.2. The SMILES string of the molecule is CC[C@H]1CN(c2nc(N)c(C(C)(C)NCCO)nc2Cl)CCN1C1CCN(Cc2ccc(F)c(F)c2N2CC[C@H](O)C2)CC1. The molecule has 0 radical (unpaired) electrons. The van der Waals surface area contributed by atoms with E-state index in [9.17, 15) is 19.0 Å². The van der Waals surface area contributed by atoms with Gasteiger partial charge in [-0.1, -0.05) is 24.6 Å². The third-order valence-electron chi connectivity index (χ3n) is 9.49. The number of aromatic nitrogens is 2. The minimum atomic E-state index is -0.849. The number of nitrogen functional groups attached to an aromatic ring is 1. The summed E-state index contributed by atoms with van der Waals surface area (Å²) in [6.07, 6.45) is 3.02. The predicted molar refractivity (Wildman–Crippen MR) is 170 cm³/mol. The molecule has 13 heteroatoms. The number of hydrogen-bond donors (Lipinski definition) is 4. The molecular weight excluding hydrogens is 590 g/mol. The van der Waals surface area contributed by atoms with E-state index in [1.807, 2.05) is 13.8 Å². The molecule has 1 aromatic heterocycles. The smallest absolute Gasteiger partial charge is 0.182 e. The molecule has 5 rings (SSSR count). The zero-order valence-corrected chi connectivity index (χ0v) is 26.8. The van der Waals surface area contributed by atoms with Gasteiger partial charge in [-0.3, -0.25) is 9.80 Å². The van der Waals surface area contributed by atoms with Crippen molar-refractivity contribution in [1.29, 1.82) is 0 Å². The van der Waals surface area contributed by atoms with Gasteiger partial charge in [0.1, 0.15) is 11.5 Å². The van der Waals surface area contributed by atoms with Gasteiger partial charge in [-0.15, -0.1) is 0 Å². The molecule has 4 heterocycles. The minimum absolute atomic E-state index is 0.00393. The lowest BCUT2D eigenvalue weighted by atomic mass is 9.97. The lowest BCUT2D eigenvalue weighted by molar-refractivity contribution is 0.0610. The lowest BCUT2D eigenvalue weighted by Gasteiger charge is -2.47. The van der Waals surface area contributed by atoms with Gasteiger partial charge in [0.05, 0.1) is 23.9 Å². The molecule has 0 saturated carbocycles. The number of nitrogens with one attached hydrogen (secondary N) is 1. The first-order chi connectivity index (χ1) is 21.0. The normalized spacial score (nSPS) is 22.7. The van der Waals surface area contributed by atoms with Crippen molar-refractivity contribution in [3.8, 4) is 0 Å². The number of β-amino-alcohol motifs (C(OH)–C–C–N with tert-alkyl or cyclic N) is 1. The summed E-state index contributed by atoms with van der Waals surface area (Å²) in [6, 6.07) is 3.66. The van der Waals surface area contributed by atoms with Crippen LogP contribution in [-0.2, 0) is 12.1 Å². The molecule has 3 saturated heterocycles. The molecule has 244 valence electrons. The summed E-state index contributed by atoms with van der Waals surface area (Å²) in [7, 11) is 0. The van der Waals surface area contributed by atoms with Gasteiger partial charge in [0.2, 0.25) is 0 Å². The average Bonchev–Trinajstić information content (AvgIpc) is 3.44. The van der Waals surface area contributed by atoms with Crippen LogP contribution in [0.5, 0.6) is 0 Å². The second kappa shape index (κ2) is 14.0. The van der Waals surface area contributed by atoms with Gasteiger partial charge in [0.25, 0.3) is 0 Å². The van der Waals surface area contributed by atoms with E-state index in [0.717, 1.165) is 57.5 Å². The standard InChI is InChI=1S/C31H47ClF2N8O2/c1-4-21-18-41(30-28(32)37-27(29(35)38-30)31(2,3)36-10-16-43)14-15-42(21)22-7-11-39(12-8-22)17-20-5-6-24(33)25(34)26(20)40-13-9-23(44)19-40/h5-6,21-23,36,43-44H,4,7-19H2,1-3H3,(H2,35,38)/t21-,23-/m0/s1. The molecular formula is C31H47ClF2N8O2. The van der Waals surface area contributed by atoms with Gasteiger partial charge in [-0.25, -0.2) is 18.7 Å². The molecule has 0 unspecified atom stereocenters. The molecule has 2 aromatic rings. The Labute approximate surface area is 264 Å². The van der Waals surface area contributed by atoms with Crippen molar-refractivity contribution < 1.29 is 19.0 Å². The summed E-state index contributed by atoms with van der Waals surface area (Å²) >= 11 is 6.68. The van der Waals surface area contributed by atoms with Crippen molar-refractivity contribution in [3.63, 3.8) is 0 Å². The highest BCUT2D eigenvalue weighted by Crippen LogP contribution is 2.34. The van der Waals surface area contributed by atoms with Crippen molar-refractivity contribution in [1.82, 2.24) is 25.1 Å². The highest BCUT2D eigenvalue weighted by atomic mass is 35.5. The van der Waals surface area contributed by atoms with Crippen molar-refractivity contribution in [2.45, 2.75) is 76.7 Å². The summed E-state index contributed by atoms with van der Waals surface area (Å²) < 4.78 is 29.1. The zero-order chi connectivity index (χ0) is 31.6. The Kier molecular flexibility index (Phi) is 10.5. The van der Waals surface area contributed by atoms with Crippen LogP contribution in [0.15, 0.2) is 12.1 Å². The van der Waals surface area contributed by atoms with Crippen LogP contribution in [0.4, 0.5) is 26.1 Å². The van der Waals surface area contributed by atoms with Crippen LogP contribution in [0.2, 0.25) is 5.15 Å². The first-order valence-corrected chi connectivity index (χ1v) is 16.2. The van der Waals surface area contributed by atoms with E-state index >= 15 is 0 Å². The second-order valence-electron chi connectivity index (χ2n) is 12.9. The number of rotatable bonds is 10. The van der Waals surface area contributed by atoms with E-state index in [4.69, 9.17) is 22.3 Å². The molecule has 0 amide bonds. The van der Waals surface area contributed by atoms with Crippen molar-refractivity contribution in [2.75, 3.05) is 74.5 Å². The number of aliphatic hydroxyl groups is 2. The minimum Gasteiger partial charge on any atom is -0.395 e.